The van der Waals surface area contributed by atoms with Crippen LogP contribution in [0.15, 0.2) is 0 Å². The SMILES string of the molecule is CC1CN(C2(CN)CCN3CCCC32)CCS1. The van der Waals surface area contributed by atoms with Gasteiger partial charge >= 0.3 is 0 Å². The van der Waals surface area contributed by atoms with Crippen LogP contribution < -0.4 is 5.73 Å². The van der Waals surface area contributed by atoms with E-state index in [1.165, 1.54) is 51.2 Å². The largest absolute Gasteiger partial charge is 0.329 e. The van der Waals surface area contributed by atoms with Gasteiger partial charge in [-0.2, -0.15) is 11.8 Å². The third kappa shape index (κ3) is 1.93. The molecule has 0 radical (unpaired) electrons. The van der Waals surface area contributed by atoms with Crippen molar-refractivity contribution in [2.24, 2.45) is 5.73 Å². The molecule has 0 amide bonds. The van der Waals surface area contributed by atoms with Gasteiger partial charge in [-0.1, -0.05) is 6.92 Å². The van der Waals surface area contributed by atoms with Gasteiger partial charge in [0.15, 0.2) is 0 Å². The van der Waals surface area contributed by atoms with Crippen LogP contribution in [0, 0.1) is 0 Å². The molecule has 0 aromatic carbocycles. The van der Waals surface area contributed by atoms with Crippen molar-refractivity contribution in [3.8, 4) is 0 Å². The molecule has 0 aromatic heterocycles. The fraction of sp³-hybridized carbons (Fsp3) is 1.00. The Kier molecular flexibility index (Phi) is 3.41. The number of hydrogen-bond acceptors (Lipinski definition) is 4. The van der Waals surface area contributed by atoms with Crippen molar-refractivity contribution in [3.05, 3.63) is 0 Å². The molecule has 3 heterocycles. The van der Waals surface area contributed by atoms with Crippen molar-refractivity contribution in [2.45, 2.75) is 43.0 Å². The molecule has 98 valence electrons. The van der Waals surface area contributed by atoms with Crippen LogP contribution in [0.1, 0.15) is 26.2 Å². The second-order valence-corrected chi connectivity index (χ2v) is 7.43. The molecule has 3 aliphatic rings. The fourth-order valence-corrected chi connectivity index (χ4v) is 5.18. The second-order valence-electron chi connectivity index (χ2n) is 5.88. The smallest absolute Gasteiger partial charge is 0.0499 e. The average Bonchev–Trinajstić information content (AvgIpc) is 2.90. The van der Waals surface area contributed by atoms with Crippen LogP contribution in [-0.2, 0) is 0 Å². The molecule has 0 bridgehead atoms. The van der Waals surface area contributed by atoms with Crippen molar-refractivity contribution in [1.82, 2.24) is 9.80 Å². The summed E-state index contributed by atoms with van der Waals surface area (Å²) in [6.45, 7) is 8.29. The predicted octanol–water partition coefficient (Wildman–Crippen LogP) is 0.989. The van der Waals surface area contributed by atoms with E-state index in [0.717, 1.165) is 17.8 Å². The first-order chi connectivity index (χ1) is 8.26. The molecule has 3 fully saturated rings. The third-order valence-electron chi connectivity index (χ3n) is 5.04. The van der Waals surface area contributed by atoms with Crippen molar-refractivity contribution >= 4 is 11.8 Å². The number of nitrogens with zero attached hydrogens (tertiary/aromatic N) is 2. The highest BCUT2D eigenvalue weighted by Crippen LogP contribution is 2.41. The average molecular weight is 255 g/mol. The molecular weight excluding hydrogens is 230 g/mol. The van der Waals surface area contributed by atoms with E-state index in [1.54, 1.807) is 0 Å². The van der Waals surface area contributed by atoms with Crippen LogP contribution in [-0.4, -0.2) is 65.1 Å². The van der Waals surface area contributed by atoms with E-state index in [0.29, 0.717) is 5.54 Å². The summed E-state index contributed by atoms with van der Waals surface area (Å²) in [5.41, 5.74) is 6.54. The zero-order valence-electron chi connectivity index (χ0n) is 10.9. The van der Waals surface area contributed by atoms with Gasteiger partial charge in [0, 0.05) is 48.8 Å². The lowest BCUT2D eigenvalue weighted by Crippen LogP contribution is -2.62. The third-order valence-corrected chi connectivity index (χ3v) is 6.18. The number of nitrogens with two attached hydrogens (primary N) is 1. The van der Waals surface area contributed by atoms with Gasteiger partial charge in [-0.25, -0.2) is 0 Å². The quantitative estimate of drug-likeness (QED) is 0.797. The lowest BCUT2D eigenvalue weighted by atomic mass is 9.86. The van der Waals surface area contributed by atoms with Gasteiger partial charge in [0.25, 0.3) is 0 Å². The molecule has 0 spiro atoms. The number of hydrogen-bond donors (Lipinski definition) is 1. The maximum absolute atomic E-state index is 6.23. The summed E-state index contributed by atoms with van der Waals surface area (Å²) in [6.07, 6.45) is 4.05. The highest BCUT2D eigenvalue weighted by Gasteiger charge is 2.52. The summed E-state index contributed by atoms with van der Waals surface area (Å²) < 4.78 is 0. The topological polar surface area (TPSA) is 32.5 Å². The Morgan fingerprint density at radius 1 is 1.35 bits per heavy atom. The van der Waals surface area contributed by atoms with Gasteiger partial charge in [-0.3, -0.25) is 9.80 Å². The highest BCUT2D eigenvalue weighted by atomic mass is 32.2. The molecule has 3 saturated heterocycles. The van der Waals surface area contributed by atoms with E-state index in [4.69, 9.17) is 5.73 Å². The van der Waals surface area contributed by atoms with Gasteiger partial charge in [0.2, 0.25) is 0 Å². The van der Waals surface area contributed by atoms with Gasteiger partial charge in [0.1, 0.15) is 0 Å². The van der Waals surface area contributed by atoms with Gasteiger partial charge in [-0.05, 0) is 25.8 Å². The Morgan fingerprint density at radius 2 is 2.24 bits per heavy atom. The molecule has 3 nitrogen and oxygen atoms in total. The van der Waals surface area contributed by atoms with Gasteiger partial charge in [0.05, 0.1) is 0 Å². The van der Waals surface area contributed by atoms with E-state index in [2.05, 4.69) is 28.5 Å². The Labute approximate surface area is 109 Å². The van der Waals surface area contributed by atoms with E-state index in [1.807, 2.05) is 0 Å². The minimum atomic E-state index is 0.311. The predicted molar refractivity (Wildman–Crippen MR) is 74.5 cm³/mol. The number of rotatable bonds is 2. The monoisotopic (exact) mass is 255 g/mol. The molecule has 17 heavy (non-hydrogen) atoms. The minimum absolute atomic E-state index is 0.311. The summed E-state index contributed by atoms with van der Waals surface area (Å²) in [5, 5.41) is 0.780. The first kappa shape index (κ1) is 12.3. The first-order valence-electron chi connectivity index (χ1n) is 7.07. The Bertz CT molecular complexity index is 286. The fourth-order valence-electron chi connectivity index (χ4n) is 4.17. The summed E-state index contributed by atoms with van der Waals surface area (Å²) in [5.74, 6) is 1.29. The Balaban J connectivity index is 1.81. The maximum Gasteiger partial charge on any atom is 0.0499 e. The van der Waals surface area contributed by atoms with Gasteiger partial charge < -0.3 is 5.73 Å². The Morgan fingerprint density at radius 3 is 3.00 bits per heavy atom. The molecule has 3 unspecified atom stereocenters. The van der Waals surface area contributed by atoms with Crippen LogP contribution in [0.2, 0.25) is 0 Å². The maximum atomic E-state index is 6.23. The molecule has 0 aliphatic carbocycles. The van der Waals surface area contributed by atoms with E-state index in [9.17, 15) is 0 Å². The number of thioether (sulfide) groups is 1. The summed E-state index contributed by atoms with van der Waals surface area (Å²) in [7, 11) is 0. The summed E-state index contributed by atoms with van der Waals surface area (Å²) in [4.78, 5) is 5.43. The molecule has 0 aromatic rings. The van der Waals surface area contributed by atoms with Crippen molar-refractivity contribution in [3.63, 3.8) is 0 Å². The van der Waals surface area contributed by atoms with Crippen LogP contribution in [0.5, 0.6) is 0 Å². The molecule has 2 N–H and O–H groups in total. The molecule has 3 atom stereocenters. The zero-order valence-corrected chi connectivity index (χ0v) is 11.7. The Hall–Kier alpha value is 0.230. The van der Waals surface area contributed by atoms with Crippen LogP contribution in [0.4, 0.5) is 0 Å². The lowest BCUT2D eigenvalue weighted by Gasteiger charge is -2.47. The normalized spacial score (nSPS) is 44.1. The van der Waals surface area contributed by atoms with E-state index in [-0.39, 0.29) is 0 Å². The standard InChI is InChI=1S/C13H25N3S/c1-11-9-16(7-8-17-11)13(10-14)4-6-15-5-2-3-12(13)15/h11-12H,2-10,14H2,1H3. The molecular formula is C13H25N3S. The van der Waals surface area contributed by atoms with E-state index < -0.39 is 0 Å². The zero-order chi connectivity index (χ0) is 11.9. The lowest BCUT2D eigenvalue weighted by molar-refractivity contribution is 0.0694. The molecule has 3 rings (SSSR count). The second kappa shape index (κ2) is 4.72. The van der Waals surface area contributed by atoms with Crippen molar-refractivity contribution in [1.29, 1.82) is 0 Å². The van der Waals surface area contributed by atoms with Crippen LogP contribution in [0.25, 0.3) is 0 Å². The van der Waals surface area contributed by atoms with Crippen molar-refractivity contribution in [2.75, 3.05) is 38.5 Å². The molecule has 3 aliphatic heterocycles. The molecule has 4 heteroatoms. The van der Waals surface area contributed by atoms with E-state index >= 15 is 0 Å². The summed E-state index contributed by atoms with van der Waals surface area (Å²) >= 11 is 2.12. The first-order valence-corrected chi connectivity index (χ1v) is 8.12. The molecule has 0 saturated carbocycles. The van der Waals surface area contributed by atoms with Crippen LogP contribution >= 0.6 is 11.8 Å². The highest BCUT2D eigenvalue weighted by molar-refractivity contribution is 7.99. The van der Waals surface area contributed by atoms with Crippen molar-refractivity contribution < 1.29 is 0 Å². The van der Waals surface area contributed by atoms with Crippen LogP contribution in [0.3, 0.4) is 0 Å². The minimum Gasteiger partial charge on any atom is -0.329 e. The summed E-state index contributed by atoms with van der Waals surface area (Å²) in [6, 6.07) is 0.753. The van der Waals surface area contributed by atoms with Gasteiger partial charge in [-0.15, -0.1) is 0 Å². The number of fused-ring (bicyclic) bond motifs is 1.